The molecule has 0 radical (unpaired) electrons. The number of unbranched alkanes of at least 4 members (excludes halogenated alkanes) is 4. The van der Waals surface area contributed by atoms with E-state index in [-0.39, 0.29) is 43.6 Å². The summed E-state index contributed by atoms with van der Waals surface area (Å²) in [5.41, 5.74) is 2.24. The van der Waals surface area contributed by atoms with Crippen molar-refractivity contribution in [3.8, 4) is 23.7 Å². The molecule has 4 saturated carbocycles. The summed E-state index contributed by atoms with van der Waals surface area (Å²) in [7, 11) is 0. The standard InChI is InChI=1S/C50H73NO9/c1-4-7-9-11-13-15-22-55-48(56-23-16-14-12-10-8-5-2)20-19-46(52)57-36-43-27-44(37-58-47(53)33-50-30-40-24-41(31-50)26-42(25-40)32-50)29-45(28-43)38-60-49(54)59-35-39-18-17-21-51(6-3)34-39/h27-29,39-42,48H,4-10,15-26,30-38H2,1-3H3. The molecular weight excluding hydrogens is 759 g/mol. The van der Waals surface area contributed by atoms with Crippen molar-refractivity contribution in [3.05, 3.63) is 34.9 Å². The molecule has 0 N–H and O–H groups in total. The lowest BCUT2D eigenvalue weighted by Gasteiger charge is -2.56. The van der Waals surface area contributed by atoms with Gasteiger partial charge in [0, 0.05) is 44.6 Å². The zero-order valence-corrected chi connectivity index (χ0v) is 37.0. The largest absolute Gasteiger partial charge is 0.508 e. The van der Waals surface area contributed by atoms with Gasteiger partial charge < -0.3 is 33.3 Å². The highest BCUT2D eigenvalue weighted by atomic mass is 16.7. The molecule has 10 nitrogen and oxygen atoms in total. The van der Waals surface area contributed by atoms with E-state index >= 15 is 0 Å². The Morgan fingerprint density at radius 3 is 1.80 bits per heavy atom. The number of benzene rings is 1. The Balaban J connectivity index is 1.14. The third-order valence-electron chi connectivity index (χ3n) is 12.6. The fraction of sp³-hybridized carbons (Fsp3) is 0.740. The summed E-state index contributed by atoms with van der Waals surface area (Å²) in [5, 5.41) is 0. The van der Waals surface area contributed by atoms with Gasteiger partial charge in [-0.15, -0.1) is 23.7 Å². The van der Waals surface area contributed by atoms with Gasteiger partial charge in [-0.3, -0.25) is 9.59 Å². The molecule has 1 atom stereocenters. The van der Waals surface area contributed by atoms with Gasteiger partial charge in [0.2, 0.25) is 0 Å². The molecular formula is C50H73NO9. The molecule has 1 aromatic carbocycles. The van der Waals surface area contributed by atoms with E-state index < -0.39 is 12.4 Å². The fourth-order valence-corrected chi connectivity index (χ4v) is 10.1. The van der Waals surface area contributed by atoms with Crippen LogP contribution in [-0.4, -0.2) is 68.7 Å². The topological polar surface area (TPSA) is 110 Å². The lowest BCUT2D eigenvalue weighted by Crippen LogP contribution is -2.47. The number of nitrogens with zero attached hydrogens (tertiary/aromatic N) is 1. The maximum Gasteiger partial charge on any atom is 0.508 e. The Hall–Kier alpha value is -3.57. The van der Waals surface area contributed by atoms with Crippen LogP contribution in [0.25, 0.3) is 0 Å². The second-order valence-corrected chi connectivity index (χ2v) is 17.9. The molecule has 1 heterocycles. The molecule has 4 bridgehead atoms. The van der Waals surface area contributed by atoms with E-state index in [1.165, 1.54) is 19.3 Å². The van der Waals surface area contributed by atoms with E-state index in [9.17, 15) is 14.4 Å². The Morgan fingerprint density at radius 1 is 0.717 bits per heavy atom. The monoisotopic (exact) mass is 832 g/mol. The third kappa shape index (κ3) is 17.1. The first-order valence-corrected chi connectivity index (χ1v) is 23.3. The van der Waals surface area contributed by atoms with Crippen LogP contribution < -0.4 is 0 Å². The highest BCUT2D eigenvalue weighted by Crippen LogP contribution is 2.61. The van der Waals surface area contributed by atoms with Crippen LogP contribution in [-0.2, 0) is 57.8 Å². The maximum absolute atomic E-state index is 13.3. The molecule has 1 unspecified atom stereocenters. The van der Waals surface area contributed by atoms with Crippen LogP contribution in [0.2, 0.25) is 0 Å². The van der Waals surface area contributed by atoms with Crippen molar-refractivity contribution in [2.24, 2.45) is 29.1 Å². The average Bonchev–Trinajstić information content (AvgIpc) is 3.23. The number of hydrogen-bond acceptors (Lipinski definition) is 10. The Morgan fingerprint density at radius 2 is 1.25 bits per heavy atom. The minimum Gasteiger partial charge on any atom is -0.461 e. The van der Waals surface area contributed by atoms with Crippen LogP contribution in [0.1, 0.15) is 159 Å². The summed E-state index contributed by atoms with van der Waals surface area (Å²) in [6.45, 7) is 10.7. The highest BCUT2D eigenvalue weighted by Gasteiger charge is 2.51. The fourth-order valence-electron chi connectivity index (χ4n) is 10.1. The Kier molecular flexibility index (Phi) is 20.6. The molecule has 0 aromatic heterocycles. The van der Waals surface area contributed by atoms with Crippen molar-refractivity contribution in [1.29, 1.82) is 0 Å². The van der Waals surface area contributed by atoms with Crippen molar-refractivity contribution in [3.63, 3.8) is 0 Å². The molecule has 60 heavy (non-hydrogen) atoms. The molecule has 1 aromatic rings. The molecule has 332 valence electrons. The second-order valence-electron chi connectivity index (χ2n) is 17.9. The van der Waals surface area contributed by atoms with Gasteiger partial charge in [-0.1, -0.05) is 33.6 Å². The van der Waals surface area contributed by atoms with E-state index in [0.717, 1.165) is 114 Å². The number of esters is 2. The molecule has 0 amide bonds. The number of carbonyl (C=O) groups excluding carboxylic acids is 3. The first-order chi connectivity index (χ1) is 29.2. The molecule has 6 rings (SSSR count). The van der Waals surface area contributed by atoms with Crippen LogP contribution in [0.4, 0.5) is 4.79 Å². The molecule has 10 heteroatoms. The second kappa shape index (κ2) is 26.0. The van der Waals surface area contributed by atoms with Crippen LogP contribution in [0, 0.1) is 52.8 Å². The molecule has 5 fully saturated rings. The first-order valence-electron chi connectivity index (χ1n) is 23.3. The van der Waals surface area contributed by atoms with Gasteiger partial charge in [0.05, 0.1) is 32.7 Å². The first kappa shape index (κ1) is 47.5. The van der Waals surface area contributed by atoms with Gasteiger partial charge >= 0.3 is 18.1 Å². The van der Waals surface area contributed by atoms with Gasteiger partial charge in [-0.25, -0.2) is 4.79 Å². The minimum absolute atomic E-state index is 0.00797. The van der Waals surface area contributed by atoms with Gasteiger partial charge in [0.1, 0.15) is 19.8 Å². The predicted octanol–water partition coefficient (Wildman–Crippen LogP) is 10.1. The normalized spacial score (nSPS) is 23.0. The minimum atomic E-state index is -0.713. The van der Waals surface area contributed by atoms with Gasteiger partial charge in [-0.2, -0.15) is 0 Å². The summed E-state index contributed by atoms with van der Waals surface area (Å²) in [6.07, 6.45) is 16.5. The van der Waals surface area contributed by atoms with Crippen molar-refractivity contribution < 1.29 is 42.8 Å². The van der Waals surface area contributed by atoms with Crippen LogP contribution in [0.15, 0.2) is 18.2 Å². The highest BCUT2D eigenvalue weighted by molar-refractivity contribution is 5.70. The van der Waals surface area contributed by atoms with Crippen LogP contribution in [0.5, 0.6) is 0 Å². The van der Waals surface area contributed by atoms with E-state index in [1.807, 2.05) is 18.2 Å². The van der Waals surface area contributed by atoms with E-state index in [1.54, 1.807) is 0 Å². The average molecular weight is 832 g/mol. The van der Waals surface area contributed by atoms with Crippen molar-refractivity contribution in [2.45, 2.75) is 169 Å². The number of likely N-dealkylation sites (tertiary alicyclic amines) is 1. The van der Waals surface area contributed by atoms with Gasteiger partial charge in [0.25, 0.3) is 0 Å². The van der Waals surface area contributed by atoms with E-state index in [0.29, 0.717) is 62.5 Å². The molecule has 1 aliphatic heterocycles. The zero-order valence-electron chi connectivity index (χ0n) is 37.0. The van der Waals surface area contributed by atoms with Gasteiger partial charge in [0.15, 0.2) is 6.29 Å². The van der Waals surface area contributed by atoms with Crippen LogP contribution in [0.3, 0.4) is 0 Å². The summed E-state index contributed by atoms with van der Waals surface area (Å²) in [5.74, 6) is 14.7. The van der Waals surface area contributed by atoms with Crippen molar-refractivity contribution in [1.82, 2.24) is 4.90 Å². The number of piperidine rings is 1. The quantitative estimate of drug-likeness (QED) is 0.0328. The number of ether oxygens (including phenoxy) is 6. The SMILES string of the molecule is CCCCC#CCCOC(CCC(=O)OCc1cc(COC(=O)CC23CC4CC(CC(C4)C2)C3)cc(COC(=O)OCC2CCCN(CC)C2)c1)OCCC#CCCCC. The maximum atomic E-state index is 13.3. The van der Waals surface area contributed by atoms with Crippen molar-refractivity contribution >= 4 is 18.1 Å². The van der Waals surface area contributed by atoms with E-state index in [4.69, 9.17) is 28.4 Å². The lowest BCUT2D eigenvalue weighted by atomic mass is 9.49. The summed E-state index contributed by atoms with van der Waals surface area (Å²) >= 11 is 0. The molecule has 5 aliphatic rings. The predicted molar refractivity (Wildman–Crippen MR) is 231 cm³/mol. The number of hydrogen-bond donors (Lipinski definition) is 0. The van der Waals surface area contributed by atoms with Gasteiger partial charge in [-0.05, 0) is 135 Å². The number of rotatable bonds is 24. The Labute approximate surface area is 360 Å². The lowest BCUT2D eigenvalue weighted by molar-refractivity contribution is -0.158. The zero-order chi connectivity index (χ0) is 42.4. The smallest absolute Gasteiger partial charge is 0.461 e. The molecule has 4 aliphatic carbocycles. The van der Waals surface area contributed by atoms with Crippen molar-refractivity contribution in [2.75, 3.05) is 39.5 Å². The van der Waals surface area contributed by atoms with Crippen LogP contribution >= 0.6 is 0 Å². The summed E-state index contributed by atoms with van der Waals surface area (Å²) < 4.78 is 34.7. The molecule has 0 spiro atoms. The summed E-state index contributed by atoms with van der Waals surface area (Å²) in [4.78, 5) is 41.5. The summed E-state index contributed by atoms with van der Waals surface area (Å²) in [6, 6.07) is 5.60. The molecule has 1 saturated heterocycles. The third-order valence-corrected chi connectivity index (χ3v) is 12.6. The number of carbonyl (C=O) groups is 3. The Bertz CT molecular complexity index is 1550. The van der Waals surface area contributed by atoms with E-state index in [2.05, 4.69) is 49.4 Å².